The predicted octanol–water partition coefficient (Wildman–Crippen LogP) is 2.56. The Hall–Kier alpha value is -2.00. The van der Waals surface area contributed by atoms with E-state index in [-0.39, 0.29) is 24.3 Å². The van der Waals surface area contributed by atoms with Crippen molar-refractivity contribution in [3.63, 3.8) is 0 Å². The Balaban J connectivity index is 1.51. The maximum Gasteiger partial charge on any atom is 0.260 e. The molecule has 1 aromatic carbocycles. The number of piperidine rings is 1. The van der Waals surface area contributed by atoms with Gasteiger partial charge in [0.05, 0.1) is 5.92 Å². The zero-order valence-electron chi connectivity index (χ0n) is 13.4. The summed E-state index contributed by atoms with van der Waals surface area (Å²) in [6.07, 6.45) is 1.54. The van der Waals surface area contributed by atoms with Crippen molar-refractivity contribution >= 4 is 44.2 Å². The molecule has 0 radical (unpaired) electrons. The van der Waals surface area contributed by atoms with Crippen LogP contribution in [0.1, 0.15) is 12.8 Å². The van der Waals surface area contributed by atoms with Crippen molar-refractivity contribution < 1.29 is 14.3 Å². The van der Waals surface area contributed by atoms with E-state index in [9.17, 15) is 9.59 Å². The summed E-state index contributed by atoms with van der Waals surface area (Å²) in [5.74, 6) is 0.147. The summed E-state index contributed by atoms with van der Waals surface area (Å²) < 4.78 is 6.44. The lowest BCUT2D eigenvalue weighted by atomic mass is 9.97. The molecule has 2 heterocycles. The van der Waals surface area contributed by atoms with Gasteiger partial charge in [-0.1, -0.05) is 33.3 Å². The monoisotopic (exact) mass is 424 g/mol. The summed E-state index contributed by atoms with van der Waals surface area (Å²) in [5, 5.41) is 10.7. The van der Waals surface area contributed by atoms with E-state index in [2.05, 4.69) is 31.4 Å². The minimum Gasteiger partial charge on any atom is -0.484 e. The molecule has 1 saturated heterocycles. The summed E-state index contributed by atoms with van der Waals surface area (Å²) in [6, 6.07) is 7.34. The molecule has 2 aromatic rings. The van der Waals surface area contributed by atoms with Crippen LogP contribution in [-0.2, 0) is 9.59 Å². The Labute approximate surface area is 157 Å². The van der Waals surface area contributed by atoms with Gasteiger partial charge in [-0.3, -0.25) is 9.59 Å². The number of hydrogen-bond donors (Lipinski definition) is 1. The fourth-order valence-electron chi connectivity index (χ4n) is 2.65. The molecule has 0 spiro atoms. The Morgan fingerprint density at radius 3 is 3.08 bits per heavy atom. The number of hydrogen-bond acceptors (Lipinski definition) is 6. The number of nitrogens with one attached hydrogen (secondary N) is 1. The molecule has 2 amide bonds. The Kier molecular flexibility index (Phi) is 5.98. The van der Waals surface area contributed by atoms with Crippen molar-refractivity contribution in [3.8, 4) is 5.75 Å². The maximum absolute atomic E-state index is 12.4. The molecule has 1 aliphatic rings. The molecule has 1 aromatic heterocycles. The van der Waals surface area contributed by atoms with E-state index in [1.165, 1.54) is 11.3 Å². The Morgan fingerprint density at radius 1 is 1.44 bits per heavy atom. The third-order valence-electron chi connectivity index (χ3n) is 3.89. The number of carbonyl (C=O) groups is 2. The molecule has 25 heavy (non-hydrogen) atoms. The van der Waals surface area contributed by atoms with Gasteiger partial charge in [-0.25, -0.2) is 0 Å². The fraction of sp³-hybridized carbons (Fsp3) is 0.375. The molecule has 1 fully saturated rings. The minimum atomic E-state index is -0.243. The molecule has 0 aliphatic carbocycles. The summed E-state index contributed by atoms with van der Waals surface area (Å²) in [7, 11) is 0. The molecule has 1 N–H and O–H groups in total. The largest absolute Gasteiger partial charge is 0.484 e. The number of halogens is 1. The summed E-state index contributed by atoms with van der Waals surface area (Å²) in [5.41, 5.74) is 1.56. The number of anilines is 1. The van der Waals surface area contributed by atoms with E-state index in [1.807, 2.05) is 18.2 Å². The lowest BCUT2D eigenvalue weighted by molar-refractivity contribution is -0.136. The van der Waals surface area contributed by atoms with Gasteiger partial charge in [0.1, 0.15) is 11.3 Å². The summed E-state index contributed by atoms with van der Waals surface area (Å²) in [4.78, 5) is 26.4. The quantitative estimate of drug-likeness (QED) is 0.796. The number of amides is 2. The van der Waals surface area contributed by atoms with E-state index in [4.69, 9.17) is 4.74 Å². The first kappa shape index (κ1) is 17.8. The van der Waals surface area contributed by atoms with Gasteiger partial charge in [-0.2, -0.15) is 0 Å². The van der Waals surface area contributed by atoms with Gasteiger partial charge in [0.15, 0.2) is 6.61 Å². The van der Waals surface area contributed by atoms with E-state index in [0.717, 1.165) is 17.3 Å². The van der Waals surface area contributed by atoms with Crippen molar-refractivity contribution in [2.24, 2.45) is 5.92 Å². The number of rotatable bonds is 5. The molecule has 132 valence electrons. The van der Waals surface area contributed by atoms with Crippen LogP contribution in [0.2, 0.25) is 0 Å². The number of likely N-dealkylation sites (tertiary alicyclic amines) is 1. The van der Waals surface area contributed by atoms with Gasteiger partial charge >= 0.3 is 0 Å². The normalized spacial score (nSPS) is 17.2. The van der Waals surface area contributed by atoms with Crippen LogP contribution >= 0.6 is 27.3 Å². The number of nitrogens with zero attached hydrogens (tertiary/aromatic N) is 3. The summed E-state index contributed by atoms with van der Waals surface area (Å²) in [6.45, 7) is 0.996. The molecule has 0 saturated carbocycles. The molecule has 3 rings (SSSR count). The predicted molar refractivity (Wildman–Crippen MR) is 97.5 cm³/mol. The summed E-state index contributed by atoms with van der Waals surface area (Å²) >= 11 is 4.64. The lowest BCUT2D eigenvalue weighted by Gasteiger charge is -2.31. The van der Waals surface area contributed by atoms with Crippen LogP contribution in [0.15, 0.2) is 34.2 Å². The van der Waals surface area contributed by atoms with E-state index < -0.39 is 0 Å². The van der Waals surface area contributed by atoms with Crippen LogP contribution in [0.25, 0.3) is 0 Å². The van der Waals surface area contributed by atoms with Crippen LogP contribution in [0.5, 0.6) is 5.75 Å². The maximum atomic E-state index is 12.4. The van der Waals surface area contributed by atoms with Crippen molar-refractivity contribution in [1.29, 1.82) is 0 Å². The third-order valence-corrected chi connectivity index (χ3v) is 4.99. The van der Waals surface area contributed by atoms with Crippen molar-refractivity contribution in [1.82, 2.24) is 15.1 Å². The highest BCUT2D eigenvalue weighted by Crippen LogP contribution is 2.21. The highest BCUT2D eigenvalue weighted by atomic mass is 79.9. The fourth-order valence-corrected chi connectivity index (χ4v) is 3.47. The first-order chi connectivity index (χ1) is 12.1. The number of aromatic nitrogens is 2. The second-order valence-electron chi connectivity index (χ2n) is 5.66. The van der Waals surface area contributed by atoms with Gasteiger partial charge in [0, 0.05) is 17.6 Å². The number of ether oxygens (including phenoxy) is 1. The first-order valence-corrected chi connectivity index (χ1v) is 9.52. The average Bonchev–Trinajstić information content (AvgIpc) is 3.13. The highest BCUT2D eigenvalue weighted by molar-refractivity contribution is 9.10. The second-order valence-corrected chi connectivity index (χ2v) is 7.41. The molecule has 7 nitrogen and oxygen atoms in total. The SMILES string of the molecule is O=C(Nc1nncs1)C1CCCN(C(=O)COc2cccc(Br)c2)C1. The lowest BCUT2D eigenvalue weighted by Crippen LogP contribution is -2.45. The van der Waals surface area contributed by atoms with E-state index >= 15 is 0 Å². The van der Waals surface area contributed by atoms with Crippen LogP contribution in [0.4, 0.5) is 5.13 Å². The number of carbonyl (C=O) groups excluding carboxylic acids is 2. The zero-order chi connectivity index (χ0) is 17.6. The van der Waals surface area contributed by atoms with Crippen LogP contribution < -0.4 is 10.1 Å². The van der Waals surface area contributed by atoms with E-state index in [1.54, 1.807) is 16.5 Å². The van der Waals surface area contributed by atoms with Crippen molar-refractivity contribution in [3.05, 3.63) is 34.2 Å². The molecule has 9 heteroatoms. The second kappa shape index (κ2) is 8.39. The van der Waals surface area contributed by atoms with Crippen molar-refractivity contribution in [2.75, 3.05) is 25.0 Å². The Bertz CT molecular complexity index is 741. The van der Waals surface area contributed by atoms with Gasteiger partial charge < -0.3 is 15.0 Å². The van der Waals surface area contributed by atoms with Crippen LogP contribution in [0, 0.1) is 5.92 Å². The van der Waals surface area contributed by atoms with Crippen LogP contribution in [-0.4, -0.2) is 46.6 Å². The van der Waals surface area contributed by atoms with Gasteiger partial charge in [-0.15, -0.1) is 10.2 Å². The van der Waals surface area contributed by atoms with Crippen molar-refractivity contribution in [2.45, 2.75) is 12.8 Å². The number of benzene rings is 1. The molecule has 0 bridgehead atoms. The zero-order valence-corrected chi connectivity index (χ0v) is 15.8. The smallest absolute Gasteiger partial charge is 0.260 e. The molecular formula is C16H17BrN4O3S. The van der Waals surface area contributed by atoms with Gasteiger partial charge in [0.2, 0.25) is 11.0 Å². The molecule has 1 atom stereocenters. The first-order valence-electron chi connectivity index (χ1n) is 7.85. The van der Waals surface area contributed by atoms with Crippen LogP contribution in [0.3, 0.4) is 0 Å². The minimum absolute atomic E-state index is 0.0405. The van der Waals surface area contributed by atoms with E-state index in [0.29, 0.717) is 24.0 Å². The molecular weight excluding hydrogens is 408 g/mol. The standard InChI is InChI=1S/C16H17BrN4O3S/c17-12-4-1-5-13(7-12)24-9-14(22)21-6-2-3-11(8-21)15(23)19-16-20-18-10-25-16/h1,4-5,7,10-11H,2-3,6,8-9H2,(H,19,20,23). The average molecular weight is 425 g/mol. The molecule has 1 unspecified atom stereocenters. The third kappa shape index (κ3) is 4.99. The molecule has 1 aliphatic heterocycles. The highest BCUT2D eigenvalue weighted by Gasteiger charge is 2.29. The Morgan fingerprint density at radius 2 is 2.32 bits per heavy atom. The van der Waals surface area contributed by atoms with Gasteiger partial charge in [0.25, 0.3) is 5.91 Å². The van der Waals surface area contributed by atoms with Gasteiger partial charge in [-0.05, 0) is 31.0 Å². The topological polar surface area (TPSA) is 84.4 Å².